The van der Waals surface area contributed by atoms with Gasteiger partial charge in [-0.15, -0.1) is 6.42 Å². The fraction of sp³-hybridized carbons (Fsp3) is 0.120. The monoisotopic (exact) mass is 441 g/mol. The van der Waals surface area contributed by atoms with E-state index in [1.54, 1.807) is 65.8 Å². The fourth-order valence-corrected chi connectivity index (χ4v) is 2.80. The molecular formula is C25H23N5O3. The molecule has 0 aliphatic carbocycles. The lowest BCUT2D eigenvalue weighted by atomic mass is 10.2. The molecule has 0 spiro atoms. The first-order valence-corrected chi connectivity index (χ1v) is 9.95. The van der Waals surface area contributed by atoms with Crippen LogP contribution in [0.25, 0.3) is 0 Å². The maximum Gasteiger partial charge on any atom is 0.334 e. The lowest BCUT2D eigenvalue weighted by molar-refractivity contribution is 0.0994. The van der Waals surface area contributed by atoms with E-state index in [2.05, 4.69) is 21.3 Å². The third kappa shape index (κ3) is 5.95. The van der Waals surface area contributed by atoms with Crippen LogP contribution in [0.1, 0.15) is 21.5 Å². The SMILES string of the molecule is C#Cc1ccc(N(C(=O)Nc2ccc(C=NN(C)C)cc2)C(=O)c2cccc(OC)c2)nc1. The Hall–Kier alpha value is -4.64. The second kappa shape index (κ2) is 10.6. The smallest absolute Gasteiger partial charge is 0.334 e. The molecule has 0 radical (unpaired) electrons. The minimum atomic E-state index is -0.668. The Bertz CT molecular complexity index is 1200. The topological polar surface area (TPSA) is 87.1 Å². The number of benzene rings is 2. The van der Waals surface area contributed by atoms with Crippen molar-refractivity contribution < 1.29 is 14.3 Å². The molecule has 0 aliphatic rings. The summed E-state index contributed by atoms with van der Waals surface area (Å²) in [5, 5.41) is 8.59. The largest absolute Gasteiger partial charge is 0.497 e. The molecule has 1 heterocycles. The zero-order valence-electron chi connectivity index (χ0n) is 18.5. The van der Waals surface area contributed by atoms with Crippen molar-refractivity contribution in [2.24, 2.45) is 5.10 Å². The Kier molecular flexibility index (Phi) is 7.39. The third-order valence-electron chi connectivity index (χ3n) is 4.47. The number of aromatic nitrogens is 1. The first-order valence-electron chi connectivity index (χ1n) is 9.95. The van der Waals surface area contributed by atoms with E-state index >= 15 is 0 Å². The molecule has 1 N–H and O–H groups in total. The van der Waals surface area contributed by atoms with Gasteiger partial charge in [-0.1, -0.05) is 24.1 Å². The molecule has 1 aromatic heterocycles. The summed E-state index contributed by atoms with van der Waals surface area (Å²) < 4.78 is 5.20. The average molecular weight is 441 g/mol. The number of rotatable bonds is 6. The summed E-state index contributed by atoms with van der Waals surface area (Å²) in [6.45, 7) is 0. The number of carbonyl (C=O) groups excluding carboxylic acids is 2. The molecular weight excluding hydrogens is 418 g/mol. The van der Waals surface area contributed by atoms with Crippen LogP contribution in [0.3, 0.4) is 0 Å². The van der Waals surface area contributed by atoms with Crippen molar-refractivity contribution >= 4 is 29.7 Å². The predicted octanol–water partition coefficient (Wildman–Crippen LogP) is 3.85. The number of hydrogen-bond acceptors (Lipinski definition) is 6. The molecule has 0 aliphatic heterocycles. The van der Waals surface area contributed by atoms with Crippen LogP contribution in [-0.2, 0) is 0 Å². The molecule has 0 saturated heterocycles. The first kappa shape index (κ1) is 23.0. The van der Waals surface area contributed by atoms with Crippen molar-refractivity contribution in [3.63, 3.8) is 0 Å². The maximum atomic E-state index is 13.3. The highest BCUT2D eigenvalue weighted by Crippen LogP contribution is 2.20. The maximum absolute atomic E-state index is 13.3. The van der Waals surface area contributed by atoms with Crippen LogP contribution in [0.4, 0.5) is 16.3 Å². The Balaban J connectivity index is 1.90. The van der Waals surface area contributed by atoms with E-state index < -0.39 is 11.9 Å². The molecule has 33 heavy (non-hydrogen) atoms. The van der Waals surface area contributed by atoms with Crippen LogP contribution in [0, 0.1) is 12.3 Å². The van der Waals surface area contributed by atoms with Crippen molar-refractivity contribution in [2.45, 2.75) is 0 Å². The summed E-state index contributed by atoms with van der Waals surface area (Å²) in [6.07, 6.45) is 8.51. The van der Waals surface area contributed by atoms with Gasteiger partial charge in [0, 0.05) is 37.1 Å². The number of imide groups is 1. The third-order valence-corrected chi connectivity index (χ3v) is 4.47. The lowest BCUT2D eigenvalue weighted by Crippen LogP contribution is -2.40. The van der Waals surface area contributed by atoms with E-state index in [1.807, 2.05) is 14.1 Å². The number of urea groups is 1. The molecule has 0 unspecified atom stereocenters. The molecule has 8 heteroatoms. The summed E-state index contributed by atoms with van der Waals surface area (Å²) in [5.74, 6) is 2.52. The number of methoxy groups -OCH3 is 1. The summed E-state index contributed by atoms with van der Waals surface area (Å²) in [7, 11) is 5.15. The van der Waals surface area contributed by atoms with E-state index in [-0.39, 0.29) is 11.4 Å². The number of nitrogens with zero attached hydrogens (tertiary/aromatic N) is 4. The van der Waals surface area contributed by atoms with Crippen LogP contribution in [0.5, 0.6) is 5.75 Å². The van der Waals surface area contributed by atoms with Gasteiger partial charge in [-0.05, 0) is 48.0 Å². The van der Waals surface area contributed by atoms with Crippen molar-refractivity contribution in [3.8, 4) is 18.1 Å². The minimum absolute atomic E-state index is 0.133. The van der Waals surface area contributed by atoms with Gasteiger partial charge in [0.25, 0.3) is 5.91 Å². The van der Waals surface area contributed by atoms with Crippen molar-refractivity contribution in [3.05, 3.63) is 83.6 Å². The molecule has 3 rings (SSSR count). The van der Waals surface area contributed by atoms with E-state index in [0.717, 1.165) is 10.5 Å². The molecule has 0 atom stereocenters. The number of nitrogens with one attached hydrogen (secondary N) is 1. The molecule has 0 fully saturated rings. The highest BCUT2D eigenvalue weighted by Gasteiger charge is 2.26. The first-order chi connectivity index (χ1) is 15.9. The van der Waals surface area contributed by atoms with E-state index in [9.17, 15) is 9.59 Å². The highest BCUT2D eigenvalue weighted by molar-refractivity contribution is 6.23. The van der Waals surface area contributed by atoms with E-state index in [1.165, 1.54) is 19.4 Å². The molecule has 2 aromatic carbocycles. The summed E-state index contributed by atoms with van der Waals surface area (Å²) in [5.41, 5.74) is 2.16. The molecule has 3 aromatic rings. The van der Waals surface area contributed by atoms with Crippen molar-refractivity contribution in [2.75, 3.05) is 31.4 Å². The normalized spacial score (nSPS) is 10.4. The number of terminal acetylenes is 1. The average Bonchev–Trinajstić information content (AvgIpc) is 2.84. The van der Waals surface area contributed by atoms with Gasteiger partial charge in [0.15, 0.2) is 0 Å². The molecule has 3 amide bonds. The quantitative estimate of drug-likeness (QED) is 0.357. The van der Waals surface area contributed by atoms with Crippen molar-refractivity contribution in [1.29, 1.82) is 0 Å². The van der Waals surface area contributed by atoms with Crippen LogP contribution in [-0.4, -0.2) is 49.4 Å². The van der Waals surface area contributed by atoms with Crippen LogP contribution >= 0.6 is 0 Å². The fourth-order valence-electron chi connectivity index (χ4n) is 2.80. The Morgan fingerprint density at radius 2 is 1.88 bits per heavy atom. The molecule has 0 bridgehead atoms. The number of hydrazone groups is 1. The number of amides is 3. The predicted molar refractivity (Wildman–Crippen MR) is 129 cm³/mol. The zero-order valence-corrected chi connectivity index (χ0v) is 18.5. The Morgan fingerprint density at radius 1 is 1.12 bits per heavy atom. The van der Waals surface area contributed by atoms with Crippen LogP contribution < -0.4 is 15.0 Å². The van der Waals surface area contributed by atoms with Gasteiger partial charge in [-0.3, -0.25) is 4.79 Å². The van der Waals surface area contributed by atoms with Gasteiger partial charge in [-0.25, -0.2) is 14.7 Å². The molecule has 8 nitrogen and oxygen atoms in total. The molecule has 166 valence electrons. The van der Waals surface area contributed by atoms with Gasteiger partial charge in [0.05, 0.1) is 13.3 Å². The number of hydrogen-bond donors (Lipinski definition) is 1. The highest BCUT2D eigenvalue weighted by atomic mass is 16.5. The number of anilines is 2. The van der Waals surface area contributed by atoms with Gasteiger partial charge in [0.1, 0.15) is 11.6 Å². The van der Waals surface area contributed by atoms with E-state index in [0.29, 0.717) is 17.0 Å². The van der Waals surface area contributed by atoms with Crippen LogP contribution in [0.15, 0.2) is 72.0 Å². The lowest BCUT2D eigenvalue weighted by Gasteiger charge is -2.21. The van der Waals surface area contributed by atoms with Gasteiger partial charge >= 0.3 is 6.03 Å². The van der Waals surface area contributed by atoms with Gasteiger partial charge < -0.3 is 15.1 Å². The van der Waals surface area contributed by atoms with Crippen LogP contribution in [0.2, 0.25) is 0 Å². The number of pyridine rings is 1. The Labute approximate surface area is 192 Å². The Morgan fingerprint density at radius 3 is 2.48 bits per heavy atom. The zero-order chi connectivity index (χ0) is 23.8. The van der Waals surface area contributed by atoms with E-state index in [4.69, 9.17) is 11.2 Å². The number of ether oxygens (including phenoxy) is 1. The minimum Gasteiger partial charge on any atom is -0.497 e. The summed E-state index contributed by atoms with van der Waals surface area (Å²) >= 11 is 0. The summed E-state index contributed by atoms with van der Waals surface area (Å²) in [6, 6.07) is 16.0. The molecule has 0 saturated carbocycles. The standard InChI is InChI=1S/C25H23N5O3/c1-5-18-11-14-23(26-16-18)30(24(31)20-7-6-8-22(15-20)33-4)25(32)28-21-12-9-19(10-13-21)17-27-29(2)3/h1,6-17H,2-4H3,(H,28,32). The number of carbonyl (C=O) groups is 2. The summed E-state index contributed by atoms with van der Waals surface area (Å²) in [4.78, 5) is 31.7. The van der Waals surface area contributed by atoms with Gasteiger partial charge in [-0.2, -0.15) is 5.10 Å². The second-order valence-electron chi connectivity index (χ2n) is 7.07. The van der Waals surface area contributed by atoms with Gasteiger partial charge in [0.2, 0.25) is 0 Å². The van der Waals surface area contributed by atoms with Crippen molar-refractivity contribution in [1.82, 2.24) is 9.99 Å². The second-order valence-corrected chi connectivity index (χ2v) is 7.07.